The molecule has 97 valence electrons. The highest BCUT2D eigenvalue weighted by Crippen LogP contribution is 2.16. The first-order valence-corrected chi connectivity index (χ1v) is 7.60. The average Bonchev–Trinajstić information content (AvgIpc) is 2.27. The number of rotatable bonds is 12. The van der Waals surface area contributed by atoms with E-state index in [4.69, 9.17) is 0 Å². The van der Waals surface area contributed by atoms with Crippen molar-refractivity contribution >= 4 is 0 Å². The third-order valence-corrected chi connectivity index (χ3v) is 3.50. The van der Waals surface area contributed by atoms with Gasteiger partial charge in [-0.1, -0.05) is 97.8 Å². The topological polar surface area (TPSA) is 0 Å². The van der Waals surface area contributed by atoms with E-state index in [1.807, 2.05) is 0 Å². The second kappa shape index (κ2) is 13.1. The van der Waals surface area contributed by atoms with Gasteiger partial charge in [0.05, 0.1) is 0 Å². The average molecular weight is 225 g/mol. The molecule has 0 bridgehead atoms. The lowest BCUT2D eigenvalue weighted by molar-refractivity contribution is 0.457. The molecule has 0 aliphatic rings. The van der Waals surface area contributed by atoms with Crippen LogP contribution in [0.25, 0.3) is 0 Å². The van der Waals surface area contributed by atoms with Crippen LogP contribution in [-0.2, 0) is 0 Å². The first-order chi connectivity index (χ1) is 7.81. The molecule has 1 radical (unpaired) electrons. The Labute approximate surface area is 104 Å². The largest absolute Gasteiger partial charge is 0.0654 e. The Balaban J connectivity index is 2.98. The predicted octanol–water partition coefficient (Wildman–Crippen LogP) is 6.16. The van der Waals surface area contributed by atoms with Crippen molar-refractivity contribution in [2.24, 2.45) is 5.92 Å². The number of unbranched alkanes of at least 4 members (excludes halogenated alkanes) is 8. The standard InChI is InChI=1S/C16H33/c1-4-6-7-8-9-10-11-12-13-15-16(3)14-5-2/h16H,2,4-15H2,1,3H3. The van der Waals surface area contributed by atoms with E-state index in [9.17, 15) is 0 Å². The molecule has 0 N–H and O–H groups in total. The third kappa shape index (κ3) is 12.1. The number of hydrogen-bond acceptors (Lipinski definition) is 0. The molecular formula is C16H33. The quantitative estimate of drug-likeness (QED) is 0.349. The molecule has 0 saturated carbocycles. The van der Waals surface area contributed by atoms with Crippen LogP contribution in [0.1, 0.15) is 90.9 Å². The molecule has 0 spiro atoms. The summed E-state index contributed by atoms with van der Waals surface area (Å²) in [7, 11) is 0. The normalized spacial score (nSPS) is 12.9. The van der Waals surface area contributed by atoms with Crippen molar-refractivity contribution in [2.75, 3.05) is 0 Å². The first-order valence-electron chi connectivity index (χ1n) is 7.60. The van der Waals surface area contributed by atoms with Crippen LogP contribution in [-0.4, -0.2) is 0 Å². The van der Waals surface area contributed by atoms with Crippen molar-refractivity contribution in [2.45, 2.75) is 90.9 Å². The molecule has 0 aliphatic carbocycles. The van der Waals surface area contributed by atoms with Gasteiger partial charge in [-0.2, -0.15) is 0 Å². The van der Waals surface area contributed by atoms with Crippen LogP contribution in [0.2, 0.25) is 0 Å². The van der Waals surface area contributed by atoms with Gasteiger partial charge in [0.15, 0.2) is 0 Å². The zero-order valence-corrected chi connectivity index (χ0v) is 11.8. The highest BCUT2D eigenvalue weighted by molar-refractivity contribution is 4.55. The van der Waals surface area contributed by atoms with Gasteiger partial charge in [0.25, 0.3) is 0 Å². The summed E-state index contributed by atoms with van der Waals surface area (Å²) in [5, 5.41) is 0. The maximum atomic E-state index is 3.92. The minimum Gasteiger partial charge on any atom is -0.0654 e. The molecule has 16 heavy (non-hydrogen) atoms. The fraction of sp³-hybridized carbons (Fsp3) is 0.938. The van der Waals surface area contributed by atoms with Gasteiger partial charge in [0, 0.05) is 0 Å². The second-order valence-electron chi connectivity index (χ2n) is 5.36. The van der Waals surface area contributed by atoms with Crippen molar-refractivity contribution in [1.82, 2.24) is 0 Å². The third-order valence-electron chi connectivity index (χ3n) is 3.50. The second-order valence-corrected chi connectivity index (χ2v) is 5.36. The van der Waals surface area contributed by atoms with Crippen LogP contribution < -0.4 is 0 Å². The fourth-order valence-electron chi connectivity index (χ4n) is 2.30. The molecule has 0 aliphatic heterocycles. The highest BCUT2D eigenvalue weighted by Gasteiger charge is 1.99. The summed E-state index contributed by atoms with van der Waals surface area (Å²) in [5.74, 6) is 0.905. The van der Waals surface area contributed by atoms with E-state index in [1.54, 1.807) is 0 Å². The molecule has 0 heterocycles. The Morgan fingerprint density at radius 1 is 0.750 bits per heavy atom. The van der Waals surface area contributed by atoms with E-state index in [0.29, 0.717) is 0 Å². The lowest BCUT2D eigenvalue weighted by atomic mass is 9.98. The van der Waals surface area contributed by atoms with Crippen molar-refractivity contribution in [3.05, 3.63) is 6.92 Å². The van der Waals surface area contributed by atoms with E-state index >= 15 is 0 Å². The molecule has 0 saturated heterocycles. The highest BCUT2D eigenvalue weighted by atomic mass is 14.1. The van der Waals surface area contributed by atoms with Gasteiger partial charge in [-0.25, -0.2) is 0 Å². The molecule has 0 fully saturated rings. The van der Waals surface area contributed by atoms with Crippen LogP contribution in [0.15, 0.2) is 0 Å². The van der Waals surface area contributed by atoms with Crippen LogP contribution in [0.4, 0.5) is 0 Å². The molecular weight excluding hydrogens is 192 g/mol. The van der Waals surface area contributed by atoms with Crippen molar-refractivity contribution < 1.29 is 0 Å². The Hall–Kier alpha value is 0. The summed E-state index contributed by atoms with van der Waals surface area (Å²) in [6, 6.07) is 0. The van der Waals surface area contributed by atoms with Gasteiger partial charge in [-0.15, -0.1) is 0 Å². The Morgan fingerprint density at radius 2 is 1.25 bits per heavy atom. The van der Waals surface area contributed by atoms with Crippen molar-refractivity contribution in [3.63, 3.8) is 0 Å². The molecule has 1 unspecified atom stereocenters. The lowest BCUT2D eigenvalue weighted by Crippen LogP contribution is -1.93. The van der Waals surface area contributed by atoms with E-state index in [0.717, 1.165) is 12.3 Å². The molecule has 0 rings (SSSR count). The molecule has 0 aromatic heterocycles. The van der Waals surface area contributed by atoms with Crippen LogP contribution >= 0.6 is 0 Å². The van der Waals surface area contributed by atoms with E-state index in [1.165, 1.54) is 70.6 Å². The maximum absolute atomic E-state index is 3.92. The lowest BCUT2D eigenvalue weighted by Gasteiger charge is -2.09. The molecule has 0 heteroatoms. The summed E-state index contributed by atoms with van der Waals surface area (Å²) in [6.07, 6.45) is 16.9. The zero-order valence-electron chi connectivity index (χ0n) is 11.8. The first kappa shape index (κ1) is 16.0. The minimum absolute atomic E-state index is 0.905. The summed E-state index contributed by atoms with van der Waals surface area (Å²) in [4.78, 5) is 0. The smallest absolute Gasteiger partial charge is 0.0443 e. The summed E-state index contributed by atoms with van der Waals surface area (Å²) in [6.45, 7) is 8.57. The molecule has 0 aromatic rings. The maximum Gasteiger partial charge on any atom is -0.0443 e. The van der Waals surface area contributed by atoms with Crippen molar-refractivity contribution in [1.29, 1.82) is 0 Å². The van der Waals surface area contributed by atoms with E-state index in [2.05, 4.69) is 20.8 Å². The van der Waals surface area contributed by atoms with Gasteiger partial charge in [-0.05, 0) is 5.92 Å². The van der Waals surface area contributed by atoms with Gasteiger partial charge < -0.3 is 0 Å². The fourth-order valence-corrected chi connectivity index (χ4v) is 2.30. The Bertz CT molecular complexity index is 117. The van der Waals surface area contributed by atoms with Crippen LogP contribution in [0.5, 0.6) is 0 Å². The predicted molar refractivity (Wildman–Crippen MR) is 75.6 cm³/mol. The molecule has 0 nitrogen and oxygen atoms in total. The number of hydrogen-bond donors (Lipinski definition) is 0. The van der Waals surface area contributed by atoms with Crippen LogP contribution in [0, 0.1) is 12.8 Å². The monoisotopic (exact) mass is 225 g/mol. The van der Waals surface area contributed by atoms with E-state index < -0.39 is 0 Å². The Kier molecular flexibility index (Phi) is 13.1. The van der Waals surface area contributed by atoms with Crippen molar-refractivity contribution in [3.8, 4) is 0 Å². The molecule has 1 atom stereocenters. The summed E-state index contributed by atoms with van der Waals surface area (Å²) in [5.41, 5.74) is 0. The minimum atomic E-state index is 0.905. The SMILES string of the molecule is [CH2]CCC(C)CCCCCCCCCCC. The zero-order chi connectivity index (χ0) is 12.1. The van der Waals surface area contributed by atoms with E-state index in [-0.39, 0.29) is 0 Å². The molecule has 0 amide bonds. The van der Waals surface area contributed by atoms with Gasteiger partial charge >= 0.3 is 0 Å². The van der Waals surface area contributed by atoms with Gasteiger partial charge in [-0.3, -0.25) is 0 Å². The van der Waals surface area contributed by atoms with Gasteiger partial charge in [0.2, 0.25) is 0 Å². The molecule has 0 aromatic carbocycles. The summed E-state index contributed by atoms with van der Waals surface area (Å²) < 4.78 is 0. The Morgan fingerprint density at radius 3 is 1.75 bits per heavy atom. The summed E-state index contributed by atoms with van der Waals surface area (Å²) >= 11 is 0. The van der Waals surface area contributed by atoms with Gasteiger partial charge in [0.1, 0.15) is 0 Å². The van der Waals surface area contributed by atoms with Crippen LogP contribution in [0.3, 0.4) is 0 Å².